The van der Waals surface area contributed by atoms with Crippen molar-refractivity contribution in [2.75, 3.05) is 0 Å². The smallest absolute Gasteiger partial charge is 0.328 e. The second-order valence-corrected chi connectivity index (χ2v) is 3.52. The van der Waals surface area contributed by atoms with Gasteiger partial charge in [-0.05, 0) is 12.1 Å². The summed E-state index contributed by atoms with van der Waals surface area (Å²) in [5.74, 6) is 0. The van der Waals surface area contributed by atoms with Crippen LogP contribution in [0.15, 0.2) is 23.0 Å². The van der Waals surface area contributed by atoms with Gasteiger partial charge in [-0.2, -0.15) is 0 Å². The zero-order chi connectivity index (χ0) is 11.2. The molecule has 2 aromatic rings. The van der Waals surface area contributed by atoms with E-state index in [-0.39, 0.29) is 5.69 Å². The molecule has 0 fully saturated rings. The van der Waals surface area contributed by atoms with Crippen LogP contribution in [0.5, 0.6) is 0 Å². The fourth-order valence-electron chi connectivity index (χ4n) is 1.68. The fourth-order valence-corrected chi connectivity index (χ4v) is 1.68. The molecule has 0 saturated carbocycles. The Bertz CT molecular complexity index is 566. The second kappa shape index (κ2) is 3.22. The highest BCUT2D eigenvalue weighted by molar-refractivity contribution is 5.76. The van der Waals surface area contributed by atoms with Crippen molar-refractivity contribution in [3.63, 3.8) is 0 Å². The number of aryl methyl sites for hydroxylation is 2. The highest BCUT2D eigenvalue weighted by Gasteiger charge is 2.10. The average Bonchev–Trinajstić information content (AvgIpc) is 2.44. The van der Waals surface area contributed by atoms with Crippen LogP contribution in [-0.4, -0.2) is 19.3 Å². The van der Waals surface area contributed by atoms with Crippen LogP contribution in [-0.2, 0) is 14.1 Å². The number of nitrogens with zero attached hydrogens (tertiary/aromatic N) is 2. The van der Waals surface area contributed by atoms with Gasteiger partial charge in [-0.15, -0.1) is 0 Å². The summed E-state index contributed by atoms with van der Waals surface area (Å²) in [5.41, 5.74) is 1.71. The third-order valence-electron chi connectivity index (χ3n) is 2.59. The molecule has 0 unspecified atom stereocenters. The van der Waals surface area contributed by atoms with Crippen LogP contribution in [0.25, 0.3) is 11.0 Å². The Morgan fingerprint density at radius 3 is 2.33 bits per heavy atom. The molecule has 0 bridgehead atoms. The molecule has 5 nitrogen and oxygen atoms in total. The van der Waals surface area contributed by atoms with Crippen LogP contribution in [0, 0.1) is 0 Å². The Morgan fingerprint density at radius 1 is 1.13 bits per heavy atom. The summed E-state index contributed by atoms with van der Waals surface area (Å²) in [4.78, 5) is 11.6. The number of hydrogen-bond donors (Lipinski definition) is 2. The SMILES string of the molecule is Cn1c(=O)n(C)c2cc(C(O)O)ccc21. The summed E-state index contributed by atoms with van der Waals surface area (Å²) in [7, 11) is 3.33. The van der Waals surface area contributed by atoms with Crippen molar-refractivity contribution in [1.29, 1.82) is 0 Å². The zero-order valence-electron chi connectivity index (χ0n) is 8.51. The number of rotatable bonds is 1. The van der Waals surface area contributed by atoms with Crippen molar-refractivity contribution in [3.8, 4) is 0 Å². The minimum absolute atomic E-state index is 0.130. The Morgan fingerprint density at radius 2 is 1.73 bits per heavy atom. The van der Waals surface area contributed by atoms with Gasteiger partial charge < -0.3 is 10.2 Å². The molecule has 1 aromatic carbocycles. The Kier molecular flexibility index (Phi) is 2.13. The van der Waals surface area contributed by atoms with Gasteiger partial charge in [0.05, 0.1) is 11.0 Å². The minimum atomic E-state index is -1.51. The highest BCUT2D eigenvalue weighted by atomic mass is 16.5. The maximum Gasteiger partial charge on any atom is 0.328 e. The summed E-state index contributed by atoms with van der Waals surface area (Å²) in [6.45, 7) is 0. The van der Waals surface area contributed by atoms with Crippen LogP contribution < -0.4 is 5.69 Å². The molecular weight excluding hydrogens is 196 g/mol. The maximum absolute atomic E-state index is 11.6. The van der Waals surface area contributed by atoms with Gasteiger partial charge in [0, 0.05) is 19.7 Å². The first-order valence-electron chi connectivity index (χ1n) is 4.54. The molecule has 2 N–H and O–H groups in total. The van der Waals surface area contributed by atoms with Gasteiger partial charge in [-0.3, -0.25) is 9.13 Å². The number of imidazole rings is 1. The van der Waals surface area contributed by atoms with Crippen LogP contribution in [0.2, 0.25) is 0 Å². The Balaban J connectivity index is 2.83. The van der Waals surface area contributed by atoms with Crippen LogP contribution >= 0.6 is 0 Å². The van der Waals surface area contributed by atoms with Crippen LogP contribution in [0.1, 0.15) is 11.9 Å². The Labute approximate surface area is 85.8 Å². The minimum Gasteiger partial charge on any atom is -0.364 e. The van der Waals surface area contributed by atoms with E-state index in [1.165, 1.54) is 9.13 Å². The van der Waals surface area contributed by atoms with E-state index in [9.17, 15) is 4.79 Å². The lowest BCUT2D eigenvalue weighted by Gasteiger charge is -2.03. The first kappa shape index (κ1) is 9.95. The molecular formula is C10H12N2O3. The van der Waals surface area contributed by atoms with E-state index in [1.54, 1.807) is 32.3 Å². The number of aliphatic hydroxyl groups excluding tert-OH is 1. The van der Waals surface area contributed by atoms with E-state index >= 15 is 0 Å². The van der Waals surface area contributed by atoms with Gasteiger partial charge in [0.15, 0.2) is 6.29 Å². The molecule has 0 aliphatic carbocycles. The number of aliphatic hydroxyl groups is 2. The van der Waals surface area contributed by atoms with Gasteiger partial charge in [0.2, 0.25) is 0 Å². The van der Waals surface area contributed by atoms with Gasteiger partial charge in [-0.25, -0.2) is 4.79 Å². The molecule has 1 aromatic heterocycles. The standard InChI is InChI=1S/C10H12N2O3/c1-11-7-4-3-6(9(13)14)5-8(7)12(2)10(11)15/h3-5,9,13-14H,1-2H3. The summed E-state index contributed by atoms with van der Waals surface area (Å²) in [6.07, 6.45) is -1.51. The summed E-state index contributed by atoms with van der Waals surface area (Å²) < 4.78 is 2.99. The molecule has 0 aliphatic rings. The molecule has 5 heteroatoms. The predicted molar refractivity (Wildman–Crippen MR) is 55.3 cm³/mol. The first-order chi connectivity index (χ1) is 7.02. The lowest BCUT2D eigenvalue weighted by Crippen LogP contribution is -2.19. The third-order valence-corrected chi connectivity index (χ3v) is 2.59. The van der Waals surface area contributed by atoms with Crippen molar-refractivity contribution in [3.05, 3.63) is 34.2 Å². The molecule has 0 saturated heterocycles. The molecule has 1 heterocycles. The molecule has 80 valence electrons. The molecule has 0 aliphatic heterocycles. The quantitative estimate of drug-likeness (QED) is 0.641. The largest absolute Gasteiger partial charge is 0.364 e. The summed E-state index contributed by atoms with van der Waals surface area (Å²) in [5, 5.41) is 18.0. The summed E-state index contributed by atoms with van der Waals surface area (Å²) >= 11 is 0. The van der Waals surface area contributed by atoms with E-state index < -0.39 is 6.29 Å². The van der Waals surface area contributed by atoms with Crippen molar-refractivity contribution < 1.29 is 10.2 Å². The molecule has 0 spiro atoms. The molecule has 0 amide bonds. The lowest BCUT2D eigenvalue weighted by atomic mass is 10.2. The van der Waals surface area contributed by atoms with Gasteiger partial charge in [0.1, 0.15) is 0 Å². The predicted octanol–water partition coefficient (Wildman–Crippen LogP) is -0.140. The number of aromatic nitrogens is 2. The van der Waals surface area contributed by atoms with Crippen molar-refractivity contribution in [2.24, 2.45) is 14.1 Å². The topological polar surface area (TPSA) is 67.4 Å². The van der Waals surface area contributed by atoms with Crippen molar-refractivity contribution in [1.82, 2.24) is 9.13 Å². The van der Waals surface area contributed by atoms with Gasteiger partial charge in [0.25, 0.3) is 0 Å². The number of fused-ring (bicyclic) bond motifs is 1. The van der Waals surface area contributed by atoms with E-state index in [2.05, 4.69) is 0 Å². The Hall–Kier alpha value is -1.59. The highest BCUT2D eigenvalue weighted by Crippen LogP contribution is 2.17. The first-order valence-corrected chi connectivity index (χ1v) is 4.54. The zero-order valence-corrected chi connectivity index (χ0v) is 8.51. The molecule has 0 atom stereocenters. The van der Waals surface area contributed by atoms with Crippen LogP contribution in [0.3, 0.4) is 0 Å². The molecule has 0 radical (unpaired) electrons. The van der Waals surface area contributed by atoms with Gasteiger partial charge in [-0.1, -0.05) is 6.07 Å². The van der Waals surface area contributed by atoms with Gasteiger partial charge >= 0.3 is 5.69 Å². The monoisotopic (exact) mass is 208 g/mol. The normalized spacial score (nSPS) is 11.5. The van der Waals surface area contributed by atoms with E-state index in [4.69, 9.17) is 10.2 Å². The average molecular weight is 208 g/mol. The molecule has 15 heavy (non-hydrogen) atoms. The summed E-state index contributed by atoms with van der Waals surface area (Å²) in [6, 6.07) is 4.89. The van der Waals surface area contributed by atoms with E-state index in [0.717, 1.165) is 5.52 Å². The molecule has 2 rings (SSSR count). The lowest BCUT2D eigenvalue weighted by molar-refractivity contribution is -0.0424. The fraction of sp³-hybridized carbons (Fsp3) is 0.300. The number of benzene rings is 1. The third kappa shape index (κ3) is 1.36. The maximum atomic E-state index is 11.6. The second-order valence-electron chi connectivity index (χ2n) is 3.52. The van der Waals surface area contributed by atoms with Crippen molar-refractivity contribution >= 4 is 11.0 Å². The number of hydrogen-bond acceptors (Lipinski definition) is 3. The van der Waals surface area contributed by atoms with Crippen molar-refractivity contribution in [2.45, 2.75) is 6.29 Å². The van der Waals surface area contributed by atoms with Crippen LogP contribution in [0.4, 0.5) is 0 Å². The van der Waals surface area contributed by atoms with E-state index in [0.29, 0.717) is 11.1 Å². The van der Waals surface area contributed by atoms with E-state index in [1.807, 2.05) is 0 Å².